The lowest BCUT2D eigenvalue weighted by atomic mass is 10.1. The van der Waals surface area contributed by atoms with E-state index in [0.29, 0.717) is 5.75 Å². The third-order valence-corrected chi connectivity index (χ3v) is 6.51. The van der Waals surface area contributed by atoms with Crippen LogP contribution in [0.3, 0.4) is 0 Å². The summed E-state index contributed by atoms with van der Waals surface area (Å²) >= 11 is 3.21. The zero-order valence-corrected chi connectivity index (χ0v) is 18.1. The SMILES string of the molecule is COc1ccc(-c2nc(CSC(C)C(=O)Nc3cc(C)ccc3C)cs2)cc1. The number of amides is 1. The highest BCUT2D eigenvalue weighted by atomic mass is 32.2. The van der Waals surface area contributed by atoms with Gasteiger partial charge in [-0.2, -0.15) is 0 Å². The van der Waals surface area contributed by atoms with Crippen LogP contribution in [0.1, 0.15) is 23.7 Å². The topological polar surface area (TPSA) is 51.2 Å². The molecule has 1 heterocycles. The van der Waals surface area contributed by atoms with E-state index in [2.05, 4.69) is 10.7 Å². The van der Waals surface area contributed by atoms with Crippen molar-refractivity contribution in [3.05, 3.63) is 64.7 Å². The van der Waals surface area contributed by atoms with E-state index in [1.54, 1.807) is 30.2 Å². The van der Waals surface area contributed by atoms with E-state index >= 15 is 0 Å². The zero-order valence-electron chi connectivity index (χ0n) is 16.5. The summed E-state index contributed by atoms with van der Waals surface area (Å²) in [6, 6.07) is 14.0. The molecule has 0 saturated carbocycles. The predicted molar refractivity (Wildman–Crippen MR) is 119 cm³/mol. The Morgan fingerprint density at radius 2 is 1.96 bits per heavy atom. The van der Waals surface area contributed by atoms with Gasteiger partial charge in [-0.15, -0.1) is 23.1 Å². The van der Waals surface area contributed by atoms with E-state index in [1.165, 1.54) is 0 Å². The molecule has 28 heavy (non-hydrogen) atoms. The van der Waals surface area contributed by atoms with Crippen molar-refractivity contribution in [3.63, 3.8) is 0 Å². The van der Waals surface area contributed by atoms with Crippen molar-refractivity contribution in [2.45, 2.75) is 31.8 Å². The van der Waals surface area contributed by atoms with Gasteiger partial charge in [0.2, 0.25) is 5.91 Å². The van der Waals surface area contributed by atoms with Crippen molar-refractivity contribution >= 4 is 34.7 Å². The Bertz CT molecular complexity index is 951. The number of thiazole rings is 1. The summed E-state index contributed by atoms with van der Waals surface area (Å²) < 4.78 is 5.20. The molecular weight excluding hydrogens is 388 g/mol. The molecule has 1 aromatic heterocycles. The van der Waals surface area contributed by atoms with Crippen LogP contribution in [0.2, 0.25) is 0 Å². The van der Waals surface area contributed by atoms with Gasteiger partial charge in [-0.25, -0.2) is 4.98 Å². The van der Waals surface area contributed by atoms with Gasteiger partial charge in [0.05, 0.1) is 18.1 Å². The lowest BCUT2D eigenvalue weighted by molar-refractivity contribution is -0.115. The second-order valence-electron chi connectivity index (χ2n) is 6.63. The maximum Gasteiger partial charge on any atom is 0.237 e. The van der Waals surface area contributed by atoms with Crippen LogP contribution in [-0.2, 0) is 10.5 Å². The number of hydrogen-bond acceptors (Lipinski definition) is 5. The van der Waals surface area contributed by atoms with Crippen LogP contribution < -0.4 is 10.1 Å². The Morgan fingerprint density at radius 1 is 1.21 bits per heavy atom. The molecule has 3 rings (SSSR count). The van der Waals surface area contributed by atoms with Gasteiger partial charge in [0.15, 0.2) is 0 Å². The minimum absolute atomic E-state index is 0.0179. The maximum absolute atomic E-state index is 12.5. The number of carbonyl (C=O) groups is 1. The van der Waals surface area contributed by atoms with Crippen molar-refractivity contribution in [2.75, 3.05) is 12.4 Å². The van der Waals surface area contributed by atoms with Crippen molar-refractivity contribution in [1.82, 2.24) is 4.98 Å². The molecule has 0 fully saturated rings. The first-order valence-corrected chi connectivity index (χ1v) is 11.0. The van der Waals surface area contributed by atoms with Gasteiger partial charge in [0.1, 0.15) is 10.8 Å². The number of methoxy groups -OCH3 is 1. The van der Waals surface area contributed by atoms with E-state index in [1.807, 2.05) is 63.2 Å². The number of rotatable bonds is 7. The number of aromatic nitrogens is 1. The molecule has 0 aliphatic heterocycles. The van der Waals surface area contributed by atoms with E-state index in [0.717, 1.165) is 38.8 Å². The fraction of sp³-hybridized carbons (Fsp3) is 0.273. The molecule has 0 radical (unpaired) electrons. The smallest absolute Gasteiger partial charge is 0.237 e. The van der Waals surface area contributed by atoms with Crippen LogP contribution in [0.25, 0.3) is 10.6 Å². The minimum atomic E-state index is -0.161. The average Bonchev–Trinajstić information content (AvgIpc) is 3.18. The number of hydrogen-bond donors (Lipinski definition) is 1. The van der Waals surface area contributed by atoms with Crippen LogP contribution in [0.5, 0.6) is 5.75 Å². The first-order chi connectivity index (χ1) is 13.5. The van der Waals surface area contributed by atoms with Crippen molar-refractivity contribution in [2.24, 2.45) is 0 Å². The highest BCUT2D eigenvalue weighted by Gasteiger charge is 2.16. The van der Waals surface area contributed by atoms with Crippen LogP contribution >= 0.6 is 23.1 Å². The number of carbonyl (C=O) groups excluding carboxylic acids is 1. The van der Waals surface area contributed by atoms with E-state index in [4.69, 9.17) is 9.72 Å². The molecule has 146 valence electrons. The first-order valence-electron chi connectivity index (χ1n) is 9.05. The fourth-order valence-electron chi connectivity index (χ4n) is 2.63. The van der Waals surface area contributed by atoms with Gasteiger partial charge in [-0.1, -0.05) is 12.1 Å². The van der Waals surface area contributed by atoms with Gasteiger partial charge in [0, 0.05) is 22.4 Å². The standard InChI is InChI=1S/C22H24N2O2S2/c1-14-5-6-15(2)20(11-14)24-21(25)16(3)27-12-18-13-28-22(23-18)17-7-9-19(26-4)10-8-17/h5-11,13,16H,12H2,1-4H3,(H,24,25). The lowest BCUT2D eigenvalue weighted by Gasteiger charge is -2.13. The summed E-state index contributed by atoms with van der Waals surface area (Å²) in [5, 5.41) is 5.91. The zero-order chi connectivity index (χ0) is 20.1. The summed E-state index contributed by atoms with van der Waals surface area (Å²) in [5.41, 5.74) is 5.15. The number of aryl methyl sites for hydroxylation is 2. The van der Waals surface area contributed by atoms with Gasteiger partial charge >= 0.3 is 0 Å². The monoisotopic (exact) mass is 412 g/mol. The van der Waals surface area contributed by atoms with E-state index < -0.39 is 0 Å². The molecule has 1 atom stereocenters. The molecule has 2 aromatic carbocycles. The van der Waals surface area contributed by atoms with Gasteiger partial charge < -0.3 is 10.1 Å². The molecule has 1 unspecified atom stereocenters. The van der Waals surface area contributed by atoms with Gasteiger partial charge in [-0.3, -0.25) is 4.79 Å². The van der Waals surface area contributed by atoms with Crippen molar-refractivity contribution in [3.8, 4) is 16.3 Å². The third-order valence-electron chi connectivity index (χ3n) is 4.39. The number of ether oxygens (including phenoxy) is 1. The Hall–Kier alpha value is -2.31. The second kappa shape index (κ2) is 9.26. The van der Waals surface area contributed by atoms with Crippen LogP contribution in [-0.4, -0.2) is 23.3 Å². The minimum Gasteiger partial charge on any atom is -0.497 e. The molecular formula is C22H24N2O2S2. The molecule has 3 aromatic rings. The third kappa shape index (κ3) is 5.14. The highest BCUT2D eigenvalue weighted by Crippen LogP contribution is 2.28. The number of nitrogens with one attached hydrogen (secondary N) is 1. The maximum atomic E-state index is 12.5. The lowest BCUT2D eigenvalue weighted by Crippen LogP contribution is -2.23. The molecule has 0 saturated heterocycles. The number of benzene rings is 2. The largest absolute Gasteiger partial charge is 0.497 e. The summed E-state index contributed by atoms with van der Waals surface area (Å²) in [4.78, 5) is 17.2. The van der Waals surface area contributed by atoms with Crippen LogP contribution in [0.15, 0.2) is 47.8 Å². The van der Waals surface area contributed by atoms with Crippen LogP contribution in [0, 0.1) is 13.8 Å². The molecule has 6 heteroatoms. The highest BCUT2D eigenvalue weighted by molar-refractivity contribution is 7.99. The van der Waals surface area contributed by atoms with Gasteiger partial charge in [-0.05, 0) is 62.2 Å². The molecule has 0 spiro atoms. The predicted octanol–water partition coefficient (Wildman–Crippen LogP) is 5.70. The Morgan fingerprint density at radius 3 is 2.68 bits per heavy atom. The molecule has 4 nitrogen and oxygen atoms in total. The summed E-state index contributed by atoms with van der Waals surface area (Å²) in [5.74, 6) is 1.55. The molecule has 0 aliphatic rings. The molecule has 0 bridgehead atoms. The quantitative estimate of drug-likeness (QED) is 0.541. The second-order valence-corrected chi connectivity index (χ2v) is 8.82. The normalized spacial score (nSPS) is 11.9. The van der Waals surface area contributed by atoms with Crippen LogP contribution in [0.4, 0.5) is 5.69 Å². The number of anilines is 1. The Kier molecular flexibility index (Phi) is 6.75. The average molecular weight is 413 g/mol. The summed E-state index contributed by atoms with van der Waals surface area (Å²) in [6.45, 7) is 5.96. The molecule has 0 aliphatic carbocycles. The van der Waals surface area contributed by atoms with Crippen molar-refractivity contribution < 1.29 is 9.53 Å². The van der Waals surface area contributed by atoms with Gasteiger partial charge in [0.25, 0.3) is 0 Å². The summed E-state index contributed by atoms with van der Waals surface area (Å²) in [6.07, 6.45) is 0. The Balaban J connectivity index is 1.57. The molecule has 1 N–H and O–H groups in total. The fourth-order valence-corrected chi connectivity index (χ4v) is 4.34. The molecule has 1 amide bonds. The van der Waals surface area contributed by atoms with E-state index in [9.17, 15) is 4.79 Å². The van der Waals surface area contributed by atoms with E-state index in [-0.39, 0.29) is 11.2 Å². The number of thioether (sulfide) groups is 1. The summed E-state index contributed by atoms with van der Waals surface area (Å²) in [7, 11) is 1.66. The Labute approximate surface area is 174 Å². The van der Waals surface area contributed by atoms with Crippen molar-refractivity contribution in [1.29, 1.82) is 0 Å². The number of nitrogens with zero attached hydrogens (tertiary/aromatic N) is 1. The first kappa shape index (κ1) is 20.4.